The molecule has 3 heteroatoms. The smallest absolute Gasteiger partial charge is 0.224 e. The van der Waals surface area contributed by atoms with Gasteiger partial charge in [-0.05, 0) is 40.7 Å². The van der Waals surface area contributed by atoms with E-state index in [1.807, 2.05) is 12.1 Å². The van der Waals surface area contributed by atoms with Crippen molar-refractivity contribution in [1.82, 2.24) is 5.32 Å². The normalized spacial score (nSPS) is 25.0. The monoisotopic (exact) mass is 296 g/mol. The number of rotatable bonds is 5. The van der Waals surface area contributed by atoms with Crippen LogP contribution < -0.4 is 11.1 Å². The summed E-state index contributed by atoms with van der Waals surface area (Å²) in [6.45, 7) is 4.75. The number of hydrogen-bond acceptors (Lipinski definition) is 2. The predicted molar refractivity (Wildman–Crippen MR) is 90.4 cm³/mol. The van der Waals surface area contributed by atoms with E-state index >= 15 is 0 Å². The van der Waals surface area contributed by atoms with E-state index < -0.39 is 0 Å². The fourth-order valence-electron chi connectivity index (χ4n) is 3.18. The van der Waals surface area contributed by atoms with E-state index in [1.54, 1.807) is 0 Å². The standard InChI is InChI=1S/C19H24N2O/c1-3-19(2)11-16(19)18(22)21-17(12-20)15-9-8-13-6-4-5-7-14(13)10-15/h4-10,16-17H,3,11-12,20H2,1-2H3,(H,21,22). The fraction of sp³-hybridized carbons (Fsp3) is 0.421. The zero-order valence-corrected chi connectivity index (χ0v) is 13.3. The topological polar surface area (TPSA) is 55.1 Å². The molecule has 2 aromatic rings. The van der Waals surface area contributed by atoms with Gasteiger partial charge in [0.15, 0.2) is 0 Å². The highest BCUT2D eigenvalue weighted by atomic mass is 16.2. The molecule has 0 radical (unpaired) electrons. The second-order valence-electron chi connectivity index (χ2n) is 6.67. The first-order valence-corrected chi connectivity index (χ1v) is 8.06. The van der Waals surface area contributed by atoms with Crippen LogP contribution in [-0.2, 0) is 4.79 Å². The molecule has 0 aromatic heterocycles. The Morgan fingerprint density at radius 3 is 2.68 bits per heavy atom. The van der Waals surface area contributed by atoms with E-state index in [2.05, 4.69) is 49.5 Å². The number of fused-ring (bicyclic) bond motifs is 1. The number of benzene rings is 2. The molecule has 3 rings (SSSR count). The van der Waals surface area contributed by atoms with Gasteiger partial charge in [0.05, 0.1) is 6.04 Å². The molecule has 0 aliphatic heterocycles. The van der Waals surface area contributed by atoms with Crippen LogP contribution in [-0.4, -0.2) is 12.5 Å². The summed E-state index contributed by atoms with van der Waals surface area (Å²) < 4.78 is 0. The zero-order chi connectivity index (χ0) is 15.7. The summed E-state index contributed by atoms with van der Waals surface area (Å²) in [5.41, 5.74) is 7.17. The molecule has 3 nitrogen and oxygen atoms in total. The minimum atomic E-state index is -0.112. The molecule has 2 aromatic carbocycles. The average Bonchev–Trinajstić information content (AvgIpc) is 3.25. The van der Waals surface area contributed by atoms with E-state index in [4.69, 9.17) is 5.73 Å². The molecule has 0 spiro atoms. The molecule has 116 valence electrons. The highest BCUT2D eigenvalue weighted by Crippen LogP contribution is 2.54. The van der Waals surface area contributed by atoms with Gasteiger partial charge in [-0.15, -0.1) is 0 Å². The number of hydrogen-bond donors (Lipinski definition) is 2. The van der Waals surface area contributed by atoms with Gasteiger partial charge in [-0.25, -0.2) is 0 Å². The number of nitrogens with two attached hydrogens (primary N) is 1. The molecule has 0 heterocycles. The predicted octanol–water partition coefficient (Wildman–Crippen LogP) is 3.39. The largest absolute Gasteiger partial charge is 0.348 e. The van der Waals surface area contributed by atoms with Crippen molar-refractivity contribution >= 4 is 16.7 Å². The van der Waals surface area contributed by atoms with Gasteiger partial charge in [0.25, 0.3) is 0 Å². The Morgan fingerprint density at radius 1 is 1.32 bits per heavy atom. The summed E-state index contributed by atoms with van der Waals surface area (Å²) in [7, 11) is 0. The fourth-order valence-corrected chi connectivity index (χ4v) is 3.18. The van der Waals surface area contributed by atoms with Crippen LogP contribution in [0.2, 0.25) is 0 Å². The molecular weight excluding hydrogens is 272 g/mol. The van der Waals surface area contributed by atoms with Crippen molar-refractivity contribution in [2.45, 2.75) is 32.7 Å². The van der Waals surface area contributed by atoms with Crippen LogP contribution in [0.1, 0.15) is 38.3 Å². The van der Waals surface area contributed by atoms with Gasteiger partial charge in [-0.3, -0.25) is 4.79 Å². The summed E-state index contributed by atoms with van der Waals surface area (Å²) in [6.07, 6.45) is 2.04. The quantitative estimate of drug-likeness (QED) is 0.888. The molecular formula is C19H24N2O. The Kier molecular flexibility index (Phi) is 3.92. The van der Waals surface area contributed by atoms with Gasteiger partial charge in [-0.1, -0.05) is 50.2 Å². The summed E-state index contributed by atoms with van der Waals surface area (Å²) in [5, 5.41) is 5.52. The zero-order valence-electron chi connectivity index (χ0n) is 13.3. The molecule has 3 N–H and O–H groups in total. The number of nitrogens with one attached hydrogen (secondary N) is 1. The van der Waals surface area contributed by atoms with Crippen LogP contribution in [0.15, 0.2) is 42.5 Å². The lowest BCUT2D eigenvalue weighted by atomic mass is 10.0. The minimum absolute atomic E-state index is 0.112. The molecule has 1 saturated carbocycles. The van der Waals surface area contributed by atoms with Gasteiger partial charge in [0.2, 0.25) is 5.91 Å². The number of amides is 1. The van der Waals surface area contributed by atoms with Crippen LogP contribution in [0.25, 0.3) is 10.8 Å². The van der Waals surface area contributed by atoms with Crippen molar-refractivity contribution in [3.8, 4) is 0 Å². The van der Waals surface area contributed by atoms with E-state index in [9.17, 15) is 4.79 Å². The minimum Gasteiger partial charge on any atom is -0.348 e. The lowest BCUT2D eigenvalue weighted by Gasteiger charge is -2.19. The van der Waals surface area contributed by atoms with Crippen molar-refractivity contribution in [2.75, 3.05) is 6.54 Å². The third-order valence-electron chi connectivity index (χ3n) is 5.20. The van der Waals surface area contributed by atoms with Gasteiger partial charge in [0.1, 0.15) is 0 Å². The Labute approximate surface area is 131 Å². The molecule has 0 saturated heterocycles. The van der Waals surface area contributed by atoms with Crippen LogP contribution >= 0.6 is 0 Å². The maximum absolute atomic E-state index is 12.4. The van der Waals surface area contributed by atoms with E-state index in [0.29, 0.717) is 6.54 Å². The molecule has 3 atom stereocenters. The molecule has 1 amide bonds. The van der Waals surface area contributed by atoms with E-state index in [-0.39, 0.29) is 23.3 Å². The first-order valence-electron chi connectivity index (χ1n) is 8.06. The van der Waals surface area contributed by atoms with Crippen LogP contribution in [0, 0.1) is 11.3 Å². The maximum atomic E-state index is 12.4. The second-order valence-corrected chi connectivity index (χ2v) is 6.67. The third kappa shape index (κ3) is 2.73. The van der Waals surface area contributed by atoms with Crippen molar-refractivity contribution in [3.05, 3.63) is 48.0 Å². The van der Waals surface area contributed by atoms with Crippen molar-refractivity contribution in [2.24, 2.45) is 17.1 Å². The average molecular weight is 296 g/mol. The highest BCUT2D eigenvalue weighted by molar-refractivity contribution is 5.84. The maximum Gasteiger partial charge on any atom is 0.224 e. The first kappa shape index (κ1) is 15.0. The Hall–Kier alpha value is -1.87. The summed E-state index contributed by atoms with van der Waals surface area (Å²) in [6, 6.07) is 14.4. The lowest BCUT2D eigenvalue weighted by molar-refractivity contribution is -0.123. The first-order chi connectivity index (χ1) is 10.6. The van der Waals surface area contributed by atoms with Crippen LogP contribution in [0.3, 0.4) is 0 Å². The van der Waals surface area contributed by atoms with Crippen LogP contribution in [0.5, 0.6) is 0 Å². The van der Waals surface area contributed by atoms with Crippen molar-refractivity contribution in [1.29, 1.82) is 0 Å². The van der Waals surface area contributed by atoms with Crippen molar-refractivity contribution < 1.29 is 4.79 Å². The van der Waals surface area contributed by atoms with Crippen LogP contribution in [0.4, 0.5) is 0 Å². The number of carbonyl (C=O) groups is 1. The van der Waals surface area contributed by atoms with Gasteiger partial charge in [-0.2, -0.15) is 0 Å². The Morgan fingerprint density at radius 2 is 2.05 bits per heavy atom. The third-order valence-corrected chi connectivity index (χ3v) is 5.20. The van der Waals surface area contributed by atoms with Gasteiger partial charge < -0.3 is 11.1 Å². The molecule has 1 fully saturated rings. The summed E-state index contributed by atoms with van der Waals surface area (Å²) >= 11 is 0. The molecule has 22 heavy (non-hydrogen) atoms. The molecule has 1 aliphatic rings. The molecule has 1 aliphatic carbocycles. The molecule has 3 unspecified atom stereocenters. The summed E-state index contributed by atoms with van der Waals surface area (Å²) in [5.74, 6) is 0.292. The van der Waals surface area contributed by atoms with E-state index in [1.165, 1.54) is 10.8 Å². The Bertz CT molecular complexity index is 697. The highest BCUT2D eigenvalue weighted by Gasteiger charge is 2.53. The van der Waals surface area contributed by atoms with Gasteiger partial charge in [0, 0.05) is 12.5 Å². The van der Waals surface area contributed by atoms with Gasteiger partial charge >= 0.3 is 0 Å². The summed E-state index contributed by atoms with van der Waals surface area (Å²) in [4.78, 5) is 12.4. The molecule has 0 bridgehead atoms. The Balaban J connectivity index is 1.77. The SMILES string of the molecule is CCC1(C)CC1C(=O)NC(CN)c1ccc2ccccc2c1. The second kappa shape index (κ2) is 5.73. The van der Waals surface area contributed by atoms with Crippen molar-refractivity contribution in [3.63, 3.8) is 0 Å². The lowest BCUT2D eigenvalue weighted by Crippen LogP contribution is -2.35. The number of carbonyl (C=O) groups excluding carboxylic acids is 1. The van der Waals surface area contributed by atoms with E-state index in [0.717, 1.165) is 18.4 Å².